The Labute approximate surface area is 183 Å². The van der Waals surface area contributed by atoms with Gasteiger partial charge in [0.2, 0.25) is 0 Å². The minimum atomic E-state index is -4.61. The fraction of sp³-hybridized carbons (Fsp3) is 0.478. The summed E-state index contributed by atoms with van der Waals surface area (Å²) in [7, 11) is 0. The maximum absolute atomic E-state index is 13.5. The van der Waals surface area contributed by atoms with E-state index in [0.717, 1.165) is 18.2 Å². The summed E-state index contributed by atoms with van der Waals surface area (Å²) >= 11 is 0. The van der Waals surface area contributed by atoms with Crippen molar-refractivity contribution in [3.8, 4) is 5.75 Å². The highest BCUT2D eigenvalue weighted by molar-refractivity contribution is 5.39. The molecule has 1 atom stereocenters. The van der Waals surface area contributed by atoms with E-state index < -0.39 is 29.0 Å². The Balaban J connectivity index is 1.98. The van der Waals surface area contributed by atoms with Gasteiger partial charge in [-0.15, -0.1) is 0 Å². The third kappa shape index (κ3) is 7.41. The van der Waals surface area contributed by atoms with Crippen molar-refractivity contribution in [3.63, 3.8) is 0 Å². The Kier molecular flexibility index (Phi) is 8.59. The number of rotatable bonds is 10. The highest BCUT2D eigenvalue weighted by atomic mass is 19.4. The molecule has 178 valence electrons. The first-order chi connectivity index (χ1) is 14.9. The molecule has 0 spiro atoms. The van der Waals surface area contributed by atoms with E-state index in [2.05, 4.69) is 0 Å². The molecule has 3 N–H and O–H groups in total. The van der Waals surface area contributed by atoms with E-state index in [0.29, 0.717) is 36.8 Å². The summed E-state index contributed by atoms with van der Waals surface area (Å²) in [4.78, 5) is 0. The van der Waals surface area contributed by atoms with Gasteiger partial charge in [0.25, 0.3) is 0 Å². The summed E-state index contributed by atoms with van der Waals surface area (Å²) in [6.45, 7) is 1.53. The van der Waals surface area contributed by atoms with Crippen LogP contribution in [-0.4, -0.2) is 23.9 Å². The van der Waals surface area contributed by atoms with Crippen LogP contribution < -0.4 is 10.5 Å². The quantitative estimate of drug-likeness (QED) is 0.348. The second kappa shape index (κ2) is 10.6. The van der Waals surface area contributed by atoms with Crippen molar-refractivity contribution >= 4 is 0 Å². The predicted octanol–water partition coefficient (Wildman–Crippen LogP) is 5.77. The van der Waals surface area contributed by atoms with Crippen molar-refractivity contribution in [3.05, 3.63) is 64.7 Å². The molecule has 32 heavy (non-hydrogen) atoms. The number of halogens is 6. The molecule has 0 bridgehead atoms. The van der Waals surface area contributed by atoms with E-state index in [-0.39, 0.29) is 25.4 Å². The van der Waals surface area contributed by atoms with Crippen LogP contribution in [0, 0.1) is 0 Å². The van der Waals surface area contributed by atoms with Crippen LogP contribution in [0.2, 0.25) is 0 Å². The zero-order valence-corrected chi connectivity index (χ0v) is 17.7. The predicted molar refractivity (Wildman–Crippen MR) is 109 cm³/mol. The molecule has 2 aromatic rings. The average Bonchev–Trinajstić information content (AvgIpc) is 2.74. The maximum Gasteiger partial charge on any atom is 0.419 e. The molecule has 0 aliphatic carbocycles. The average molecular weight is 463 g/mol. The van der Waals surface area contributed by atoms with Crippen molar-refractivity contribution in [1.29, 1.82) is 0 Å². The number of hydrogen-bond donors (Lipinski definition) is 2. The standard InChI is InChI=1S/C23H27F6NO2/c1-2-21(30,15-31)12-11-17-7-10-20(19(14-17)23(27,28)29)32-13-3-4-16-5-8-18(9-6-16)22(24,25)26/h5-10,14,31H,2-4,11-13,15,30H2,1H3. The van der Waals surface area contributed by atoms with Gasteiger partial charge in [0, 0.05) is 5.54 Å². The maximum atomic E-state index is 13.5. The van der Waals surface area contributed by atoms with E-state index in [9.17, 15) is 31.4 Å². The molecule has 3 nitrogen and oxygen atoms in total. The lowest BCUT2D eigenvalue weighted by Crippen LogP contribution is -2.43. The Morgan fingerprint density at radius 2 is 1.50 bits per heavy atom. The van der Waals surface area contributed by atoms with Crippen LogP contribution in [-0.2, 0) is 25.2 Å². The smallest absolute Gasteiger partial charge is 0.419 e. The molecule has 0 saturated carbocycles. The Hall–Kier alpha value is -2.26. The zero-order chi connectivity index (χ0) is 24.0. The number of hydrogen-bond acceptors (Lipinski definition) is 3. The molecule has 2 rings (SSSR count). The SMILES string of the molecule is CCC(N)(CO)CCc1ccc(OCCCc2ccc(C(F)(F)F)cc2)c(C(F)(F)F)c1. The second-order valence-corrected chi connectivity index (χ2v) is 7.85. The van der Waals surface area contributed by atoms with E-state index >= 15 is 0 Å². The third-order valence-electron chi connectivity index (χ3n) is 5.43. The lowest BCUT2D eigenvalue weighted by Gasteiger charge is -2.25. The molecule has 0 aliphatic rings. The summed E-state index contributed by atoms with van der Waals surface area (Å²) in [6, 6.07) is 8.47. The number of nitrogens with two attached hydrogens (primary N) is 1. The molecule has 0 aliphatic heterocycles. The first kappa shape index (κ1) is 26.0. The molecule has 0 amide bonds. The molecule has 2 aromatic carbocycles. The van der Waals surface area contributed by atoms with Crippen molar-refractivity contribution in [2.24, 2.45) is 5.73 Å². The van der Waals surface area contributed by atoms with Crippen LogP contribution in [0.3, 0.4) is 0 Å². The zero-order valence-electron chi connectivity index (χ0n) is 17.7. The molecule has 0 saturated heterocycles. The highest BCUT2D eigenvalue weighted by Gasteiger charge is 2.35. The van der Waals surface area contributed by atoms with Gasteiger partial charge in [0.05, 0.1) is 24.3 Å². The van der Waals surface area contributed by atoms with E-state index in [1.807, 2.05) is 0 Å². The lowest BCUT2D eigenvalue weighted by molar-refractivity contribution is -0.139. The van der Waals surface area contributed by atoms with Gasteiger partial charge in [-0.2, -0.15) is 26.3 Å². The number of aliphatic hydroxyl groups excluding tert-OH is 1. The van der Waals surface area contributed by atoms with Crippen LogP contribution in [0.15, 0.2) is 42.5 Å². The van der Waals surface area contributed by atoms with Crippen molar-refractivity contribution in [1.82, 2.24) is 0 Å². The number of aryl methyl sites for hydroxylation is 2. The van der Waals surface area contributed by atoms with Gasteiger partial charge in [-0.3, -0.25) is 0 Å². The monoisotopic (exact) mass is 463 g/mol. The van der Waals surface area contributed by atoms with Crippen LogP contribution >= 0.6 is 0 Å². The Morgan fingerprint density at radius 1 is 0.875 bits per heavy atom. The second-order valence-electron chi connectivity index (χ2n) is 7.85. The highest BCUT2D eigenvalue weighted by Crippen LogP contribution is 2.37. The van der Waals surface area contributed by atoms with Crippen molar-refractivity contribution < 1.29 is 36.2 Å². The molecule has 9 heteroatoms. The van der Waals surface area contributed by atoms with E-state index in [1.165, 1.54) is 24.3 Å². The Bertz CT molecular complexity index is 858. The summed E-state index contributed by atoms with van der Waals surface area (Å²) in [5.41, 5.74) is 4.59. The van der Waals surface area contributed by atoms with Gasteiger partial charge in [-0.25, -0.2) is 0 Å². The molecule has 1 unspecified atom stereocenters. The van der Waals surface area contributed by atoms with Gasteiger partial charge in [0.15, 0.2) is 0 Å². The largest absolute Gasteiger partial charge is 0.493 e. The minimum absolute atomic E-state index is 0.0181. The molecule has 0 aromatic heterocycles. The van der Waals surface area contributed by atoms with Crippen LogP contribution in [0.5, 0.6) is 5.75 Å². The van der Waals surface area contributed by atoms with Crippen LogP contribution in [0.25, 0.3) is 0 Å². The molecule has 0 fully saturated rings. The van der Waals surface area contributed by atoms with Gasteiger partial charge in [0.1, 0.15) is 5.75 Å². The summed E-state index contributed by atoms with van der Waals surface area (Å²) in [6.07, 6.45) is -7.20. The van der Waals surface area contributed by atoms with Gasteiger partial charge in [-0.05, 0) is 67.5 Å². The molecule has 0 radical (unpaired) electrons. The first-order valence-electron chi connectivity index (χ1n) is 10.3. The Morgan fingerprint density at radius 3 is 2.03 bits per heavy atom. The molecular formula is C23H27F6NO2. The van der Waals surface area contributed by atoms with Crippen LogP contribution in [0.1, 0.15) is 48.4 Å². The summed E-state index contributed by atoms with van der Waals surface area (Å²) in [5.74, 6) is -0.301. The number of aliphatic hydroxyl groups is 1. The fourth-order valence-electron chi connectivity index (χ4n) is 3.16. The van der Waals surface area contributed by atoms with Gasteiger partial charge in [-0.1, -0.05) is 25.1 Å². The van der Waals surface area contributed by atoms with E-state index in [4.69, 9.17) is 10.5 Å². The minimum Gasteiger partial charge on any atom is -0.493 e. The fourth-order valence-corrected chi connectivity index (χ4v) is 3.16. The summed E-state index contributed by atoms with van der Waals surface area (Å²) in [5, 5.41) is 9.37. The van der Waals surface area contributed by atoms with Crippen LogP contribution in [0.4, 0.5) is 26.3 Å². The lowest BCUT2D eigenvalue weighted by atomic mass is 9.90. The van der Waals surface area contributed by atoms with E-state index in [1.54, 1.807) is 6.92 Å². The number of benzene rings is 2. The molecule has 0 heterocycles. The van der Waals surface area contributed by atoms with Gasteiger partial charge < -0.3 is 15.6 Å². The number of ether oxygens (including phenoxy) is 1. The van der Waals surface area contributed by atoms with Gasteiger partial charge >= 0.3 is 12.4 Å². The normalized spacial score (nSPS) is 14.3. The van der Waals surface area contributed by atoms with Crippen molar-refractivity contribution in [2.75, 3.05) is 13.2 Å². The first-order valence-corrected chi connectivity index (χ1v) is 10.3. The van der Waals surface area contributed by atoms with Crippen molar-refractivity contribution in [2.45, 2.75) is 56.9 Å². The summed E-state index contributed by atoms with van der Waals surface area (Å²) < 4.78 is 83.6. The third-order valence-corrected chi connectivity index (χ3v) is 5.43. The topological polar surface area (TPSA) is 55.5 Å². The molecular weight excluding hydrogens is 436 g/mol. The number of alkyl halides is 6.